The predicted octanol–water partition coefficient (Wildman–Crippen LogP) is 4.56. The number of fused-ring (bicyclic) bond motifs is 2. The van der Waals surface area contributed by atoms with Crippen molar-refractivity contribution in [1.82, 2.24) is 4.90 Å². The van der Waals surface area contributed by atoms with Gasteiger partial charge in [0.25, 0.3) is 0 Å². The van der Waals surface area contributed by atoms with Crippen molar-refractivity contribution in [2.75, 3.05) is 25.0 Å². The molecule has 3 aromatic carbocycles. The monoisotopic (exact) mass is 306 g/mol. The average molecular weight is 306 g/mol. The van der Waals surface area contributed by atoms with Crippen LogP contribution in [0.15, 0.2) is 60.7 Å². The largest absolute Gasteiger partial charge is 0.338 e. The van der Waals surface area contributed by atoms with E-state index in [4.69, 9.17) is 0 Å². The minimum atomic E-state index is -0.137. The van der Waals surface area contributed by atoms with Gasteiger partial charge in [-0.2, -0.15) is 0 Å². The third-order valence-corrected chi connectivity index (χ3v) is 4.56. The fraction of sp³-hybridized carbons (Fsp3) is 0.200. The van der Waals surface area contributed by atoms with E-state index in [-0.39, 0.29) is 5.82 Å². The van der Waals surface area contributed by atoms with Gasteiger partial charge in [-0.3, -0.25) is 0 Å². The normalized spacial score (nSPS) is 15.5. The molecule has 0 N–H and O–H groups in total. The van der Waals surface area contributed by atoms with Crippen LogP contribution in [-0.2, 0) is 6.54 Å². The van der Waals surface area contributed by atoms with Crippen molar-refractivity contribution < 1.29 is 4.39 Å². The highest BCUT2D eigenvalue weighted by Crippen LogP contribution is 2.35. The van der Waals surface area contributed by atoms with Crippen molar-refractivity contribution in [3.05, 3.63) is 72.0 Å². The smallest absolute Gasteiger partial charge is 0.154 e. The molecule has 4 rings (SSSR count). The van der Waals surface area contributed by atoms with Crippen molar-refractivity contribution in [2.24, 2.45) is 0 Å². The van der Waals surface area contributed by atoms with E-state index in [0.717, 1.165) is 30.7 Å². The van der Waals surface area contributed by atoms with Crippen LogP contribution in [0.2, 0.25) is 0 Å². The van der Waals surface area contributed by atoms with Crippen molar-refractivity contribution in [3.63, 3.8) is 0 Å². The van der Waals surface area contributed by atoms with Crippen LogP contribution in [0, 0.1) is 5.82 Å². The Morgan fingerprint density at radius 1 is 0.826 bits per heavy atom. The molecule has 0 aliphatic carbocycles. The zero-order valence-corrected chi connectivity index (χ0v) is 13.2. The molecule has 0 atom stereocenters. The molecule has 0 spiro atoms. The van der Waals surface area contributed by atoms with E-state index in [1.165, 1.54) is 5.56 Å². The summed E-state index contributed by atoms with van der Waals surface area (Å²) in [6, 6.07) is 19.8. The number of likely N-dealkylation sites (N-methyl/N-ethyl adjacent to an activating group) is 1. The zero-order chi connectivity index (χ0) is 15.8. The van der Waals surface area contributed by atoms with Crippen LogP contribution in [0.25, 0.3) is 10.8 Å². The van der Waals surface area contributed by atoms with Crippen LogP contribution in [0.5, 0.6) is 0 Å². The molecule has 3 aromatic rings. The molecular weight excluding hydrogens is 287 g/mol. The number of benzene rings is 3. The van der Waals surface area contributed by atoms with Crippen LogP contribution in [0.4, 0.5) is 15.8 Å². The van der Waals surface area contributed by atoms with Crippen molar-refractivity contribution in [3.8, 4) is 0 Å². The Morgan fingerprint density at radius 3 is 2.52 bits per heavy atom. The SMILES string of the molecule is CN1CCN(c2ccc3ccccc3c2F)c2ccccc2C1. The molecule has 1 aliphatic heterocycles. The van der Waals surface area contributed by atoms with Gasteiger partial charge in [0.1, 0.15) is 0 Å². The second-order valence-electron chi connectivity index (χ2n) is 6.14. The molecule has 0 fully saturated rings. The lowest BCUT2D eigenvalue weighted by atomic mass is 10.1. The number of halogens is 1. The molecule has 1 heterocycles. The van der Waals surface area contributed by atoms with E-state index in [0.29, 0.717) is 11.1 Å². The molecule has 0 saturated carbocycles. The minimum absolute atomic E-state index is 0.137. The van der Waals surface area contributed by atoms with Crippen LogP contribution < -0.4 is 4.90 Å². The molecule has 0 unspecified atom stereocenters. The van der Waals surface area contributed by atoms with Gasteiger partial charge in [-0.25, -0.2) is 4.39 Å². The summed E-state index contributed by atoms with van der Waals surface area (Å²) >= 11 is 0. The Bertz CT molecular complexity index is 859. The van der Waals surface area contributed by atoms with Gasteiger partial charge in [0.05, 0.1) is 5.69 Å². The quantitative estimate of drug-likeness (QED) is 0.650. The molecule has 1 aliphatic rings. The molecular formula is C20H19FN2. The van der Waals surface area contributed by atoms with Gasteiger partial charge in [0.15, 0.2) is 5.82 Å². The first-order valence-electron chi connectivity index (χ1n) is 7.95. The predicted molar refractivity (Wildman–Crippen MR) is 93.7 cm³/mol. The first-order chi connectivity index (χ1) is 11.2. The number of hydrogen-bond donors (Lipinski definition) is 0. The molecule has 2 nitrogen and oxygen atoms in total. The number of rotatable bonds is 1. The van der Waals surface area contributed by atoms with Gasteiger partial charge in [0.2, 0.25) is 0 Å². The Hall–Kier alpha value is -2.39. The molecule has 0 bridgehead atoms. The molecule has 0 amide bonds. The highest BCUT2D eigenvalue weighted by Gasteiger charge is 2.21. The maximum Gasteiger partial charge on any atom is 0.154 e. The summed E-state index contributed by atoms with van der Waals surface area (Å²) in [6.07, 6.45) is 0. The third kappa shape index (κ3) is 2.47. The van der Waals surface area contributed by atoms with E-state index in [1.807, 2.05) is 48.5 Å². The van der Waals surface area contributed by atoms with Gasteiger partial charge in [-0.1, -0.05) is 48.5 Å². The molecule has 23 heavy (non-hydrogen) atoms. The van der Waals surface area contributed by atoms with Crippen molar-refractivity contribution in [2.45, 2.75) is 6.54 Å². The molecule has 0 aromatic heterocycles. The lowest BCUT2D eigenvalue weighted by Gasteiger charge is -2.25. The second kappa shape index (κ2) is 5.67. The summed E-state index contributed by atoms with van der Waals surface area (Å²) in [4.78, 5) is 4.39. The van der Waals surface area contributed by atoms with Gasteiger partial charge in [-0.05, 0) is 30.1 Å². The average Bonchev–Trinajstić information content (AvgIpc) is 2.74. The lowest BCUT2D eigenvalue weighted by Crippen LogP contribution is -2.26. The number of para-hydroxylation sites is 1. The summed E-state index contributed by atoms with van der Waals surface area (Å²) in [5.74, 6) is -0.137. The standard InChI is InChI=1S/C20H19FN2/c1-22-12-13-23(18-9-5-3-7-16(18)14-22)19-11-10-15-6-2-4-8-17(15)20(19)21/h2-11H,12-14H2,1H3. The Labute approximate surface area is 135 Å². The van der Waals surface area contributed by atoms with E-state index in [9.17, 15) is 0 Å². The highest BCUT2D eigenvalue weighted by molar-refractivity contribution is 5.88. The number of nitrogens with zero attached hydrogens (tertiary/aromatic N) is 2. The van der Waals surface area contributed by atoms with E-state index in [2.05, 4.69) is 29.0 Å². The molecule has 0 saturated heterocycles. The lowest BCUT2D eigenvalue weighted by molar-refractivity contribution is 0.343. The maximum absolute atomic E-state index is 15.1. The number of hydrogen-bond acceptors (Lipinski definition) is 2. The highest BCUT2D eigenvalue weighted by atomic mass is 19.1. The molecule has 0 radical (unpaired) electrons. The summed E-state index contributed by atoms with van der Waals surface area (Å²) in [7, 11) is 2.11. The fourth-order valence-corrected chi connectivity index (χ4v) is 3.35. The Kier molecular flexibility index (Phi) is 3.50. The second-order valence-corrected chi connectivity index (χ2v) is 6.14. The summed E-state index contributed by atoms with van der Waals surface area (Å²) in [6.45, 7) is 2.57. The van der Waals surface area contributed by atoms with Gasteiger partial charge in [0, 0.05) is 30.7 Å². The number of anilines is 2. The van der Waals surface area contributed by atoms with E-state index in [1.54, 1.807) is 0 Å². The van der Waals surface area contributed by atoms with Crippen LogP contribution >= 0.6 is 0 Å². The maximum atomic E-state index is 15.1. The Morgan fingerprint density at radius 2 is 1.61 bits per heavy atom. The van der Waals surface area contributed by atoms with Gasteiger partial charge < -0.3 is 9.80 Å². The summed E-state index contributed by atoms with van der Waals surface area (Å²) < 4.78 is 15.1. The summed E-state index contributed by atoms with van der Waals surface area (Å²) in [5, 5.41) is 1.62. The van der Waals surface area contributed by atoms with E-state index >= 15 is 4.39 Å². The van der Waals surface area contributed by atoms with Gasteiger partial charge >= 0.3 is 0 Å². The van der Waals surface area contributed by atoms with Crippen LogP contribution in [0.3, 0.4) is 0 Å². The first kappa shape index (κ1) is 14.2. The minimum Gasteiger partial charge on any atom is -0.338 e. The first-order valence-corrected chi connectivity index (χ1v) is 7.95. The van der Waals surface area contributed by atoms with Crippen LogP contribution in [0.1, 0.15) is 5.56 Å². The topological polar surface area (TPSA) is 6.48 Å². The molecule has 116 valence electrons. The molecule has 3 heteroatoms. The van der Waals surface area contributed by atoms with Crippen LogP contribution in [-0.4, -0.2) is 25.0 Å². The van der Waals surface area contributed by atoms with Crippen molar-refractivity contribution in [1.29, 1.82) is 0 Å². The fourth-order valence-electron chi connectivity index (χ4n) is 3.35. The van der Waals surface area contributed by atoms with Gasteiger partial charge in [-0.15, -0.1) is 0 Å². The summed E-state index contributed by atoms with van der Waals surface area (Å²) in [5.41, 5.74) is 3.00. The van der Waals surface area contributed by atoms with Crippen molar-refractivity contribution >= 4 is 22.1 Å². The zero-order valence-electron chi connectivity index (χ0n) is 13.2. The van der Waals surface area contributed by atoms with E-state index < -0.39 is 0 Å². The Balaban J connectivity index is 1.89. The third-order valence-electron chi connectivity index (χ3n) is 4.56.